The first-order valence-corrected chi connectivity index (χ1v) is 4.36. The minimum Gasteiger partial charge on any atom is -0.481 e. The van der Waals surface area contributed by atoms with Crippen molar-refractivity contribution in [2.75, 3.05) is 0 Å². The summed E-state index contributed by atoms with van der Waals surface area (Å²) in [5, 5.41) is 8.99. The standard InChI is InChI=1S/C9H10N2O3/c1-5-4-6(11-8(14)10-5)9(2-3-9)7(12)13/h4H,2-3H2,1H3,(H,12,13)(H,10,11,14). The Bertz CT molecular complexity index is 446. The molecule has 0 amide bonds. The number of aromatic amines is 1. The van der Waals surface area contributed by atoms with Crippen molar-refractivity contribution in [2.24, 2.45) is 0 Å². The molecule has 0 aromatic carbocycles. The third kappa shape index (κ3) is 1.21. The molecule has 0 spiro atoms. The minimum absolute atomic E-state index is 0.381. The fraction of sp³-hybridized carbons (Fsp3) is 0.444. The van der Waals surface area contributed by atoms with Crippen LogP contribution in [0.2, 0.25) is 0 Å². The molecule has 1 aliphatic rings. The van der Waals surface area contributed by atoms with Gasteiger partial charge in [-0.05, 0) is 25.8 Å². The maximum Gasteiger partial charge on any atom is 0.345 e. The highest BCUT2D eigenvalue weighted by atomic mass is 16.4. The van der Waals surface area contributed by atoms with E-state index in [2.05, 4.69) is 9.97 Å². The number of aliphatic carboxylic acids is 1. The summed E-state index contributed by atoms with van der Waals surface area (Å²) in [4.78, 5) is 28.2. The van der Waals surface area contributed by atoms with Crippen LogP contribution in [0.1, 0.15) is 24.2 Å². The summed E-state index contributed by atoms with van der Waals surface area (Å²) < 4.78 is 0. The molecule has 0 radical (unpaired) electrons. The van der Waals surface area contributed by atoms with E-state index in [1.807, 2.05) is 0 Å². The number of aryl methyl sites for hydroxylation is 1. The van der Waals surface area contributed by atoms with E-state index in [9.17, 15) is 9.59 Å². The Morgan fingerprint density at radius 3 is 2.71 bits per heavy atom. The van der Waals surface area contributed by atoms with Crippen LogP contribution >= 0.6 is 0 Å². The second-order valence-corrected chi connectivity index (χ2v) is 3.64. The van der Waals surface area contributed by atoms with Crippen molar-refractivity contribution in [3.05, 3.63) is 27.9 Å². The first-order valence-electron chi connectivity index (χ1n) is 4.36. The van der Waals surface area contributed by atoms with Crippen LogP contribution in [0.3, 0.4) is 0 Å². The number of carbonyl (C=O) groups is 1. The van der Waals surface area contributed by atoms with Crippen molar-refractivity contribution >= 4 is 5.97 Å². The molecule has 1 fully saturated rings. The maximum absolute atomic E-state index is 11.0. The Labute approximate surface area is 79.8 Å². The number of H-pyrrole nitrogens is 1. The molecule has 1 aromatic heterocycles. The van der Waals surface area contributed by atoms with Gasteiger partial charge in [-0.25, -0.2) is 4.79 Å². The number of hydrogen-bond acceptors (Lipinski definition) is 3. The van der Waals surface area contributed by atoms with Crippen molar-refractivity contribution in [1.29, 1.82) is 0 Å². The number of rotatable bonds is 2. The predicted octanol–water partition coefficient (Wildman–Crippen LogP) is 0.195. The molecular weight excluding hydrogens is 184 g/mol. The summed E-state index contributed by atoms with van der Waals surface area (Å²) in [5.74, 6) is -0.894. The maximum atomic E-state index is 11.0. The Hall–Kier alpha value is -1.65. The van der Waals surface area contributed by atoms with E-state index in [1.54, 1.807) is 13.0 Å². The van der Waals surface area contributed by atoms with E-state index in [-0.39, 0.29) is 0 Å². The number of nitrogens with zero attached hydrogens (tertiary/aromatic N) is 1. The lowest BCUT2D eigenvalue weighted by Crippen LogP contribution is -2.25. The summed E-state index contributed by atoms with van der Waals surface area (Å²) in [6.45, 7) is 1.71. The third-order valence-corrected chi connectivity index (χ3v) is 2.53. The van der Waals surface area contributed by atoms with Gasteiger partial charge in [0.15, 0.2) is 0 Å². The van der Waals surface area contributed by atoms with E-state index in [0.29, 0.717) is 24.2 Å². The topological polar surface area (TPSA) is 83.0 Å². The number of carboxylic acid groups (broad SMARTS) is 1. The second kappa shape index (κ2) is 2.67. The lowest BCUT2D eigenvalue weighted by Gasteiger charge is -2.08. The summed E-state index contributed by atoms with van der Waals surface area (Å²) >= 11 is 0. The van der Waals surface area contributed by atoms with Gasteiger partial charge in [-0.15, -0.1) is 0 Å². The predicted molar refractivity (Wildman–Crippen MR) is 48.1 cm³/mol. The molecule has 0 atom stereocenters. The van der Waals surface area contributed by atoms with Gasteiger partial charge in [-0.2, -0.15) is 4.98 Å². The first-order chi connectivity index (χ1) is 6.54. The Balaban J connectivity index is 2.52. The lowest BCUT2D eigenvalue weighted by molar-refractivity contribution is -0.140. The average molecular weight is 194 g/mol. The number of carboxylic acids is 1. The van der Waals surface area contributed by atoms with Crippen LogP contribution in [0.5, 0.6) is 0 Å². The van der Waals surface area contributed by atoms with Crippen LogP contribution < -0.4 is 5.69 Å². The summed E-state index contributed by atoms with van der Waals surface area (Å²) in [7, 11) is 0. The molecule has 5 heteroatoms. The summed E-state index contributed by atoms with van der Waals surface area (Å²) in [5.41, 5.74) is -0.342. The fourth-order valence-electron chi connectivity index (χ4n) is 1.53. The quantitative estimate of drug-likeness (QED) is 0.704. The highest BCUT2D eigenvalue weighted by molar-refractivity contribution is 5.84. The van der Waals surface area contributed by atoms with Gasteiger partial charge in [-0.1, -0.05) is 0 Å². The molecule has 1 saturated carbocycles. The Morgan fingerprint density at radius 1 is 1.64 bits per heavy atom. The zero-order valence-electron chi connectivity index (χ0n) is 7.70. The van der Waals surface area contributed by atoms with Gasteiger partial charge in [-0.3, -0.25) is 4.79 Å². The molecule has 14 heavy (non-hydrogen) atoms. The van der Waals surface area contributed by atoms with Gasteiger partial charge < -0.3 is 10.1 Å². The van der Waals surface area contributed by atoms with Gasteiger partial charge in [0.2, 0.25) is 0 Å². The second-order valence-electron chi connectivity index (χ2n) is 3.64. The average Bonchev–Trinajstić information content (AvgIpc) is 2.81. The number of nitrogens with one attached hydrogen (secondary N) is 1. The lowest BCUT2D eigenvalue weighted by atomic mass is 10.0. The minimum atomic E-state index is -0.894. The summed E-state index contributed by atoms with van der Waals surface area (Å²) in [6.07, 6.45) is 1.14. The van der Waals surface area contributed by atoms with Crippen LogP contribution in [0, 0.1) is 6.92 Å². The molecule has 2 rings (SSSR count). The van der Waals surface area contributed by atoms with Crippen LogP contribution in [0.4, 0.5) is 0 Å². The molecule has 0 aliphatic heterocycles. The zero-order valence-corrected chi connectivity index (χ0v) is 7.70. The largest absolute Gasteiger partial charge is 0.481 e. The molecule has 1 heterocycles. The van der Waals surface area contributed by atoms with Crippen molar-refractivity contribution in [3.63, 3.8) is 0 Å². The molecule has 5 nitrogen and oxygen atoms in total. The van der Waals surface area contributed by atoms with Gasteiger partial charge in [0.1, 0.15) is 5.41 Å². The molecule has 1 aliphatic carbocycles. The normalized spacial score (nSPS) is 17.8. The fourth-order valence-corrected chi connectivity index (χ4v) is 1.53. The third-order valence-electron chi connectivity index (χ3n) is 2.53. The van der Waals surface area contributed by atoms with Gasteiger partial charge in [0, 0.05) is 5.69 Å². The molecule has 1 aromatic rings. The van der Waals surface area contributed by atoms with Crippen molar-refractivity contribution in [3.8, 4) is 0 Å². The Morgan fingerprint density at radius 2 is 2.29 bits per heavy atom. The van der Waals surface area contributed by atoms with E-state index < -0.39 is 17.1 Å². The first kappa shape index (κ1) is 8.93. The molecule has 0 bridgehead atoms. The van der Waals surface area contributed by atoms with Crippen molar-refractivity contribution < 1.29 is 9.90 Å². The highest BCUT2D eigenvalue weighted by Gasteiger charge is 2.53. The van der Waals surface area contributed by atoms with Crippen molar-refractivity contribution in [2.45, 2.75) is 25.2 Å². The van der Waals surface area contributed by atoms with Crippen LogP contribution in [0.15, 0.2) is 10.9 Å². The van der Waals surface area contributed by atoms with Crippen LogP contribution in [-0.2, 0) is 10.2 Å². The molecule has 0 saturated heterocycles. The Kier molecular flexibility index (Phi) is 1.70. The highest BCUT2D eigenvalue weighted by Crippen LogP contribution is 2.47. The SMILES string of the molecule is Cc1cc(C2(C(=O)O)CC2)nc(=O)[nH]1. The van der Waals surface area contributed by atoms with Gasteiger partial charge >= 0.3 is 11.7 Å². The van der Waals surface area contributed by atoms with E-state index >= 15 is 0 Å². The molecular formula is C9H10N2O3. The molecule has 0 unspecified atom stereocenters. The van der Waals surface area contributed by atoms with Crippen LogP contribution in [0.25, 0.3) is 0 Å². The van der Waals surface area contributed by atoms with Crippen molar-refractivity contribution in [1.82, 2.24) is 9.97 Å². The monoisotopic (exact) mass is 194 g/mol. The molecule has 74 valence electrons. The smallest absolute Gasteiger partial charge is 0.345 e. The van der Waals surface area contributed by atoms with Gasteiger partial charge in [0.05, 0.1) is 5.69 Å². The van der Waals surface area contributed by atoms with E-state index in [4.69, 9.17) is 5.11 Å². The van der Waals surface area contributed by atoms with E-state index in [0.717, 1.165) is 0 Å². The van der Waals surface area contributed by atoms with Crippen LogP contribution in [-0.4, -0.2) is 21.0 Å². The molecule has 2 N–H and O–H groups in total. The summed E-state index contributed by atoms with van der Waals surface area (Å²) in [6, 6.07) is 1.63. The van der Waals surface area contributed by atoms with E-state index in [1.165, 1.54) is 0 Å². The zero-order chi connectivity index (χ0) is 10.3. The van der Waals surface area contributed by atoms with Gasteiger partial charge in [0.25, 0.3) is 0 Å². The number of aromatic nitrogens is 2. The number of hydrogen-bond donors (Lipinski definition) is 2.